The summed E-state index contributed by atoms with van der Waals surface area (Å²) < 4.78 is 4.93. The normalized spacial score (nSPS) is 11.7. The SMILES string of the molecule is CCCC(C(=O)Nc1ccc(OC)nc1)C(N)=S. The Morgan fingerprint density at radius 2 is 2.33 bits per heavy atom. The van der Waals surface area contributed by atoms with E-state index in [4.69, 9.17) is 22.7 Å². The molecule has 0 bridgehead atoms. The number of amides is 1. The highest BCUT2D eigenvalue weighted by Gasteiger charge is 2.20. The predicted octanol–water partition coefficient (Wildman–Crippen LogP) is 1.73. The van der Waals surface area contributed by atoms with E-state index < -0.39 is 5.92 Å². The van der Waals surface area contributed by atoms with E-state index in [0.29, 0.717) is 18.0 Å². The minimum absolute atomic E-state index is 0.198. The molecule has 0 saturated heterocycles. The van der Waals surface area contributed by atoms with Gasteiger partial charge in [-0.3, -0.25) is 4.79 Å². The van der Waals surface area contributed by atoms with Crippen molar-refractivity contribution in [3.8, 4) is 5.88 Å². The fourth-order valence-electron chi connectivity index (χ4n) is 1.50. The van der Waals surface area contributed by atoms with Crippen molar-refractivity contribution in [2.75, 3.05) is 12.4 Å². The monoisotopic (exact) mass is 267 g/mol. The number of rotatable bonds is 6. The maximum Gasteiger partial charge on any atom is 0.234 e. The lowest BCUT2D eigenvalue weighted by atomic mass is 10.0. The molecule has 1 unspecified atom stereocenters. The Labute approximate surface area is 112 Å². The van der Waals surface area contributed by atoms with Crippen LogP contribution in [-0.4, -0.2) is 23.0 Å². The number of methoxy groups -OCH3 is 1. The van der Waals surface area contributed by atoms with E-state index in [0.717, 1.165) is 6.42 Å². The van der Waals surface area contributed by atoms with Crippen LogP contribution in [0.25, 0.3) is 0 Å². The summed E-state index contributed by atoms with van der Waals surface area (Å²) in [7, 11) is 1.53. The largest absolute Gasteiger partial charge is 0.481 e. The fourth-order valence-corrected chi connectivity index (χ4v) is 1.72. The molecule has 0 aliphatic heterocycles. The molecule has 1 aromatic heterocycles. The number of ether oxygens (including phenoxy) is 1. The van der Waals surface area contributed by atoms with Crippen LogP contribution in [0.5, 0.6) is 5.88 Å². The summed E-state index contributed by atoms with van der Waals surface area (Å²) in [6.45, 7) is 1.98. The number of anilines is 1. The molecule has 1 amide bonds. The average molecular weight is 267 g/mol. The highest BCUT2D eigenvalue weighted by atomic mass is 32.1. The van der Waals surface area contributed by atoms with Gasteiger partial charge in [0.2, 0.25) is 11.8 Å². The molecule has 3 N–H and O–H groups in total. The topological polar surface area (TPSA) is 77.2 Å². The third kappa shape index (κ3) is 3.96. The van der Waals surface area contributed by atoms with Gasteiger partial charge in [0.1, 0.15) is 0 Å². The van der Waals surface area contributed by atoms with Crippen LogP contribution in [0.1, 0.15) is 19.8 Å². The molecule has 0 aromatic carbocycles. The molecule has 1 heterocycles. The maximum absolute atomic E-state index is 12.0. The molecule has 1 rings (SSSR count). The number of carbonyl (C=O) groups is 1. The molecule has 5 nitrogen and oxygen atoms in total. The number of nitrogens with two attached hydrogens (primary N) is 1. The van der Waals surface area contributed by atoms with Crippen LogP contribution in [0.3, 0.4) is 0 Å². The summed E-state index contributed by atoms with van der Waals surface area (Å²) >= 11 is 4.90. The van der Waals surface area contributed by atoms with Gasteiger partial charge in [-0.25, -0.2) is 4.98 Å². The molecule has 0 spiro atoms. The first-order valence-corrected chi connectivity index (χ1v) is 6.09. The van der Waals surface area contributed by atoms with Gasteiger partial charge in [-0.05, 0) is 12.5 Å². The lowest BCUT2D eigenvalue weighted by Gasteiger charge is -2.14. The molecular formula is C12H17N3O2S. The van der Waals surface area contributed by atoms with Crippen molar-refractivity contribution in [3.63, 3.8) is 0 Å². The molecule has 98 valence electrons. The number of pyridine rings is 1. The van der Waals surface area contributed by atoms with Crippen molar-refractivity contribution in [2.45, 2.75) is 19.8 Å². The van der Waals surface area contributed by atoms with Gasteiger partial charge in [0.25, 0.3) is 0 Å². The number of carbonyl (C=O) groups excluding carboxylic acids is 1. The summed E-state index contributed by atoms with van der Waals surface area (Å²) in [5.74, 6) is -0.143. The standard InChI is InChI=1S/C12H17N3O2S/c1-3-4-9(11(13)18)12(16)15-8-5-6-10(17-2)14-7-8/h5-7,9H,3-4H2,1-2H3,(H2,13,18)(H,15,16). The molecule has 18 heavy (non-hydrogen) atoms. The fraction of sp³-hybridized carbons (Fsp3) is 0.417. The van der Waals surface area contributed by atoms with E-state index in [1.54, 1.807) is 12.1 Å². The lowest BCUT2D eigenvalue weighted by Crippen LogP contribution is -2.33. The Morgan fingerprint density at radius 1 is 1.61 bits per heavy atom. The van der Waals surface area contributed by atoms with Crippen LogP contribution in [0, 0.1) is 5.92 Å². The van der Waals surface area contributed by atoms with Crippen LogP contribution < -0.4 is 15.8 Å². The van der Waals surface area contributed by atoms with Gasteiger partial charge in [0, 0.05) is 6.07 Å². The second kappa shape index (κ2) is 6.90. The third-order valence-corrected chi connectivity index (χ3v) is 2.73. The molecular weight excluding hydrogens is 250 g/mol. The van der Waals surface area contributed by atoms with Crippen molar-refractivity contribution in [1.82, 2.24) is 4.98 Å². The minimum Gasteiger partial charge on any atom is -0.481 e. The Hall–Kier alpha value is -1.69. The quantitative estimate of drug-likeness (QED) is 0.768. The number of hydrogen-bond donors (Lipinski definition) is 2. The van der Waals surface area contributed by atoms with Crippen LogP contribution >= 0.6 is 12.2 Å². The van der Waals surface area contributed by atoms with E-state index in [9.17, 15) is 4.79 Å². The van der Waals surface area contributed by atoms with E-state index in [1.165, 1.54) is 13.3 Å². The Kier molecular flexibility index (Phi) is 5.51. The first kappa shape index (κ1) is 14.4. The highest BCUT2D eigenvalue weighted by molar-refractivity contribution is 7.80. The van der Waals surface area contributed by atoms with Crippen molar-refractivity contribution in [1.29, 1.82) is 0 Å². The summed E-state index contributed by atoms with van der Waals surface area (Å²) in [6, 6.07) is 3.39. The zero-order valence-electron chi connectivity index (χ0n) is 10.5. The second-order valence-electron chi connectivity index (χ2n) is 3.82. The number of hydrogen-bond acceptors (Lipinski definition) is 4. The number of nitrogens with zero attached hydrogens (tertiary/aromatic N) is 1. The smallest absolute Gasteiger partial charge is 0.234 e. The summed E-state index contributed by atoms with van der Waals surface area (Å²) in [4.78, 5) is 16.2. The average Bonchev–Trinajstić information content (AvgIpc) is 2.36. The minimum atomic E-state index is -0.438. The second-order valence-corrected chi connectivity index (χ2v) is 4.29. The lowest BCUT2D eigenvalue weighted by molar-refractivity contribution is -0.118. The third-order valence-electron chi connectivity index (χ3n) is 2.45. The Morgan fingerprint density at radius 3 is 2.78 bits per heavy atom. The molecule has 0 fully saturated rings. The summed E-state index contributed by atoms with van der Waals surface area (Å²) in [5.41, 5.74) is 6.15. The zero-order chi connectivity index (χ0) is 13.5. The van der Waals surface area contributed by atoms with Crippen molar-refractivity contribution < 1.29 is 9.53 Å². The van der Waals surface area contributed by atoms with Crippen LogP contribution in [0.4, 0.5) is 5.69 Å². The van der Waals surface area contributed by atoms with Gasteiger partial charge in [0.05, 0.1) is 29.9 Å². The predicted molar refractivity (Wildman–Crippen MR) is 74.6 cm³/mol. The van der Waals surface area contributed by atoms with Crippen LogP contribution in [0.15, 0.2) is 18.3 Å². The highest BCUT2D eigenvalue weighted by Crippen LogP contribution is 2.14. The van der Waals surface area contributed by atoms with E-state index in [1.807, 2.05) is 6.92 Å². The maximum atomic E-state index is 12.0. The summed E-state index contributed by atoms with van der Waals surface area (Å²) in [5, 5.41) is 2.73. The molecule has 1 aromatic rings. The van der Waals surface area contributed by atoms with Gasteiger partial charge in [0.15, 0.2) is 0 Å². The van der Waals surface area contributed by atoms with Crippen molar-refractivity contribution in [2.24, 2.45) is 11.7 Å². The first-order valence-electron chi connectivity index (χ1n) is 5.68. The van der Waals surface area contributed by atoms with E-state index in [-0.39, 0.29) is 10.9 Å². The molecule has 0 radical (unpaired) electrons. The molecule has 1 atom stereocenters. The van der Waals surface area contributed by atoms with Gasteiger partial charge in [-0.2, -0.15) is 0 Å². The van der Waals surface area contributed by atoms with Crippen LogP contribution in [-0.2, 0) is 4.79 Å². The van der Waals surface area contributed by atoms with Gasteiger partial charge in [-0.15, -0.1) is 0 Å². The van der Waals surface area contributed by atoms with Gasteiger partial charge < -0.3 is 15.8 Å². The number of aromatic nitrogens is 1. The Balaban J connectivity index is 2.69. The Bertz CT molecular complexity index is 420. The number of nitrogens with one attached hydrogen (secondary N) is 1. The molecule has 6 heteroatoms. The van der Waals surface area contributed by atoms with Gasteiger partial charge in [-0.1, -0.05) is 25.6 Å². The molecule has 0 aliphatic carbocycles. The zero-order valence-corrected chi connectivity index (χ0v) is 11.3. The molecule has 0 saturated carbocycles. The molecule has 0 aliphatic rings. The first-order chi connectivity index (χ1) is 8.58. The van der Waals surface area contributed by atoms with E-state index in [2.05, 4.69) is 10.3 Å². The van der Waals surface area contributed by atoms with E-state index >= 15 is 0 Å². The van der Waals surface area contributed by atoms with Crippen LogP contribution in [0.2, 0.25) is 0 Å². The van der Waals surface area contributed by atoms with Crippen molar-refractivity contribution in [3.05, 3.63) is 18.3 Å². The number of thiocarbonyl (C=S) groups is 1. The van der Waals surface area contributed by atoms with Crippen molar-refractivity contribution >= 4 is 28.8 Å². The van der Waals surface area contributed by atoms with Gasteiger partial charge >= 0.3 is 0 Å². The summed E-state index contributed by atoms with van der Waals surface area (Å²) in [6.07, 6.45) is 3.01.